The van der Waals surface area contributed by atoms with E-state index in [1.54, 1.807) is 0 Å². The van der Waals surface area contributed by atoms with E-state index in [1.807, 2.05) is 20.8 Å². The van der Waals surface area contributed by atoms with Gasteiger partial charge in [0, 0.05) is 0 Å². The zero-order valence-corrected chi connectivity index (χ0v) is 24.6. The predicted octanol–water partition coefficient (Wildman–Crippen LogP) is 3.84. The molecular weight excluding hydrogens is 472 g/mol. The molecule has 0 rings (SSSR count). The third-order valence-electron chi connectivity index (χ3n) is 5.23. The Morgan fingerprint density at radius 3 is 1.17 bits per heavy atom. The van der Waals surface area contributed by atoms with Crippen LogP contribution < -0.4 is 0 Å². The zero-order valence-electron chi connectivity index (χ0n) is 23.6. The summed E-state index contributed by atoms with van der Waals surface area (Å²) in [7, 11) is -1.69. The van der Waals surface area contributed by atoms with E-state index in [-0.39, 0.29) is 17.4 Å². The van der Waals surface area contributed by atoms with Crippen LogP contribution in [-0.4, -0.2) is 106 Å². The molecule has 0 atom stereocenters. The molecule has 0 radical (unpaired) electrons. The minimum absolute atomic E-state index is 0.219. The summed E-state index contributed by atoms with van der Waals surface area (Å²) in [6.07, 6.45) is 0.242. The molecule has 0 saturated carbocycles. The molecule has 0 aromatic rings. The summed E-state index contributed by atoms with van der Waals surface area (Å²) in [6, 6.07) is 0. The summed E-state index contributed by atoms with van der Waals surface area (Å²) < 4.78 is 44.0. The number of rotatable bonds is 22. The largest absolute Gasteiger partial charge is 0.460 e. The molecule has 35 heavy (non-hydrogen) atoms. The summed E-state index contributed by atoms with van der Waals surface area (Å²) in [5.74, 6) is -0.256. The van der Waals surface area contributed by atoms with Gasteiger partial charge in [0.2, 0.25) is 0 Å². The van der Waals surface area contributed by atoms with Crippen molar-refractivity contribution < 1.29 is 42.4 Å². The lowest BCUT2D eigenvalue weighted by atomic mass is 10.2. The van der Waals surface area contributed by atoms with Gasteiger partial charge in [0.1, 0.15) is 5.60 Å². The molecule has 10 heteroatoms. The lowest BCUT2D eigenvalue weighted by Crippen LogP contribution is -2.41. The van der Waals surface area contributed by atoms with E-state index >= 15 is 0 Å². The third-order valence-corrected chi connectivity index (χ3v) is 9.77. The molecule has 0 aliphatic carbocycles. The first-order valence-electron chi connectivity index (χ1n) is 12.7. The molecule has 0 aromatic heterocycles. The molecule has 0 heterocycles. The molecule has 0 aromatic carbocycles. The van der Waals surface area contributed by atoms with E-state index in [0.29, 0.717) is 85.9 Å². The highest BCUT2D eigenvalue weighted by Gasteiger charge is 2.36. The fraction of sp³-hybridized carbons (Fsp3) is 0.960. The summed E-state index contributed by atoms with van der Waals surface area (Å²) in [6.45, 7) is 23.3. The van der Waals surface area contributed by atoms with Crippen molar-refractivity contribution in [3.8, 4) is 0 Å². The van der Waals surface area contributed by atoms with Crippen LogP contribution in [0.15, 0.2) is 0 Å². The Labute approximate surface area is 214 Å². The van der Waals surface area contributed by atoms with E-state index < -0.39 is 13.9 Å². The summed E-state index contributed by atoms with van der Waals surface area (Å²) in [4.78, 5) is 11.5. The van der Waals surface area contributed by atoms with Gasteiger partial charge in [-0.05, 0) is 38.9 Å². The zero-order chi connectivity index (χ0) is 26.6. The Bertz CT molecular complexity index is 516. The van der Waals surface area contributed by atoms with Crippen LogP contribution in [-0.2, 0) is 42.4 Å². The summed E-state index contributed by atoms with van der Waals surface area (Å²) in [5, 5.41) is 0.219. The minimum Gasteiger partial charge on any atom is -0.460 e. The highest BCUT2D eigenvalue weighted by atomic mass is 28.4. The number of carbonyl (C=O) groups is 1. The van der Waals surface area contributed by atoms with Gasteiger partial charge in [0.15, 0.2) is 8.32 Å². The fourth-order valence-electron chi connectivity index (χ4n) is 2.32. The van der Waals surface area contributed by atoms with E-state index in [1.165, 1.54) is 0 Å². The maximum absolute atomic E-state index is 11.5. The molecule has 9 nitrogen and oxygen atoms in total. The van der Waals surface area contributed by atoms with Crippen LogP contribution in [0.4, 0.5) is 0 Å². The van der Waals surface area contributed by atoms with Crippen LogP contribution in [0.25, 0.3) is 0 Å². The highest BCUT2D eigenvalue weighted by molar-refractivity contribution is 6.74. The van der Waals surface area contributed by atoms with Crippen LogP contribution in [0.5, 0.6) is 0 Å². The number of carbonyl (C=O) groups excluding carboxylic acids is 1. The third kappa shape index (κ3) is 22.3. The monoisotopic (exact) mass is 524 g/mol. The smallest absolute Gasteiger partial charge is 0.308 e. The Morgan fingerprint density at radius 2 is 0.857 bits per heavy atom. The normalized spacial score (nSPS) is 12.8. The van der Waals surface area contributed by atoms with Gasteiger partial charge in [-0.3, -0.25) is 4.79 Å². The van der Waals surface area contributed by atoms with Gasteiger partial charge < -0.3 is 37.6 Å². The number of ether oxygens (including phenoxy) is 7. The Hall–Kier alpha value is -0.593. The molecule has 0 saturated heterocycles. The van der Waals surface area contributed by atoms with Gasteiger partial charge in [-0.1, -0.05) is 20.8 Å². The molecule has 0 fully saturated rings. The first kappa shape index (κ1) is 34.4. The maximum Gasteiger partial charge on any atom is 0.308 e. The average Bonchev–Trinajstić information content (AvgIpc) is 2.72. The van der Waals surface area contributed by atoms with Crippen LogP contribution >= 0.6 is 0 Å². The molecule has 0 aliphatic rings. The first-order chi connectivity index (χ1) is 16.4. The molecule has 0 unspecified atom stereocenters. The van der Waals surface area contributed by atoms with E-state index in [2.05, 4.69) is 33.9 Å². The SMILES string of the molecule is CC(C)(C)OC(=O)CCOCCOCCOCCOCCOCCOCCO[Si](C)(C)C(C)(C)C. The van der Waals surface area contributed by atoms with Crippen LogP contribution in [0.3, 0.4) is 0 Å². The quantitative estimate of drug-likeness (QED) is 0.119. The lowest BCUT2D eigenvalue weighted by Gasteiger charge is -2.36. The second-order valence-corrected chi connectivity index (χ2v) is 15.4. The number of hydrogen-bond acceptors (Lipinski definition) is 9. The summed E-state index contributed by atoms with van der Waals surface area (Å²) in [5.41, 5.74) is -0.463. The van der Waals surface area contributed by atoms with Crippen LogP contribution in [0.1, 0.15) is 48.0 Å². The molecule has 210 valence electrons. The van der Waals surface area contributed by atoms with Gasteiger partial charge in [-0.25, -0.2) is 0 Å². The van der Waals surface area contributed by atoms with Crippen molar-refractivity contribution >= 4 is 14.3 Å². The highest BCUT2D eigenvalue weighted by Crippen LogP contribution is 2.36. The van der Waals surface area contributed by atoms with E-state index in [9.17, 15) is 4.79 Å². The topological polar surface area (TPSA) is 90.9 Å². The van der Waals surface area contributed by atoms with Crippen molar-refractivity contribution in [1.29, 1.82) is 0 Å². The van der Waals surface area contributed by atoms with Crippen LogP contribution in [0, 0.1) is 0 Å². The van der Waals surface area contributed by atoms with Crippen molar-refractivity contribution in [3.05, 3.63) is 0 Å². The van der Waals surface area contributed by atoms with Crippen LogP contribution in [0.2, 0.25) is 18.1 Å². The number of hydrogen-bond donors (Lipinski definition) is 0. The van der Waals surface area contributed by atoms with Crippen molar-refractivity contribution in [2.24, 2.45) is 0 Å². The van der Waals surface area contributed by atoms with Crippen molar-refractivity contribution in [2.45, 2.75) is 71.7 Å². The predicted molar refractivity (Wildman–Crippen MR) is 139 cm³/mol. The summed E-state index contributed by atoms with van der Waals surface area (Å²) >= 11 is 0. The second kappa shape index (κ2) is 19.5. The van der Waals surface area contributed by atoms with Crippen molar-refractivity contribution in [2.75, 3.05) is 85.9 Å². The van der Waals surface area contributed by atoms with E-state index in [0.717, 1.165) is 0 Å². The molecule has 0 spiro atoms. The average molecular weight is 525 g/mol. The standard InChI is InChI=1S/C25H52O9Si/c1-24(2,3)34-23(26)9-10-27-11-12-28-13-14-29-15-16-30-17-18-31-19-20-32-21-22-33-35(7,8)25(4,5)6/h9-22H2,1-8H3. The fourth-order valence-corrected chi connectivity index (χ4v) is 3.35. The maximum atomic E-state index is 11.5. The second-order valence-electron chi connectivity index (χ2n) is 10.6. The molecular formula is C25H52O9Si. The van der Waals surface area contributed by atoms with Crippen molar-refractivity contribution in [1.82, 2.24) is 0 Å². The van der Waals surface area contributed by atoms with Gasteiger partial charge in [-0.2, -0.15) is 0 Å². The number of esters is 1. The minimum atomic E-state index is -1.69. The molecule has 0 N–H and O–H groups in total. The van der Waals surface area contributed by atoms with Gasteiger partial charge in [0.25, 0.3) is 0 Å². The Balaban J connectivity index is 3.24. The van der Waals surface area contributed by atoms with E-state index in [4.69, 9.17) is 37.6 Å². The Kier molecular flexibility index (Phi) is 19.2. The van der Waals surface area contributed by atoms with Gasteiger partial charge in [0.05, 0.1) is 92.3 Å². The molecule has 0 amide bonds. The Morgan fingerprint density at radius 1 is 0.543 bits per heavy atom. The van der Waals surface area contributed by atoms with Gasteiger partial charge >= 0.3 is 5.97 Å². The first-order valence-corrected chi connectivity index (χ1v) is 15.6. The van der Waals surface area contributed by atoms with Gasteiger partial charge in [-0.15, -0.1) is 0 Å². The molecule has 0 aliphatic heterocycles. The molecule has 0 bridgehead atoms. The lowest BCUT2D eigenvalue weighted by molar-refractivity contribution is -0.156. The van der Waals surface area contributed by atoms with Crippen molar-refractivity contribution in [3.63, 3.8) is 0 Å².